The molecule has 1 heterocycles. The van der Waals surface area contributed by atoms with Crippen LogP contribution in [0.15, 0.2) is 0 Å². The maximum absolute atomic E-state index is 8.85. The second-order valence-electron chi connectivity index (χ2n) is 3.92. The molecule has 0 aromatic rings. The molecule has 3 heteroatoms. The summed E-state index contributed by atoms with van der Waals surface area (Å²) in [5.41, 5.74) is 0.628. The van der Waals surface area contributed by atoms with Crippen LogP contribution < -0.4 is 0 Å². The zero-order chi connectivity index (χ0) is 7.90. The Labute approximate surface area is 66.6 Å². The van der Waals surface area contributed by atoms with Gasteiger partial charge in [0.15, 0.2) is 0 Å². The molecule has 1 spiro atoms. The molecule has 0 amide bonds. The summed E-state index contributed by atoms with van der Waals surface area (Å²) in [4.78, 5) is 2.17. The van der Waals surface area contributed by atoms with E-state index in [9.17, 15) is 0 Å². The number of hydrogen-bond donors (Lipinski definition) is 2. The zero-order valence-corrected chi connectivity index (χ0v) is 6.66. The molecule has 11 heavy (non-hydrogen) atoms. The van der Waals surface area contributed by atoms with Crippen molar-refractivity contribution in [2.45, 2.75) is 18.9 Å². The summed E-state index contributed by atoms with van der Waals surface area (Å²) in [6.45, 7) is 2.37. The minimum absolute atomic E-state index is 0.00113. The number of nitrogens with zero attached hydrogens (tertiary/aromatic N) is 1. The number of aliphatic hydroxyl groups is 2. The van der Waals surface area contributed by atoms with Crippen LogP contribution in [0, 0.1) is 5.41 Å². The summed E-state index contributed by atoms with van der Waals surface area (Å²) in [6.07, 6.45) is 2.71. The highest BCUT2D eigenvalue weighted by atomic mass is 16.3. The van der Waals surface area contributed by atoms with Gasteiger partial charge in [-0.25, -0.2) is 0 Å². The van der Waals surface area contributed by atoms with E-state index in [2.05, 4.69) is 4.90 Å². The third-order valence-corrected chi connectivity index (χ3v) is 2.97. The standard InChI is InChI=1S/C8H15NO2/c10-3-7(4-11)9-5-8(6-9)1-2-8/h7,10-11H,1-6H2. The number of likely N-dealkylation sites (tertiary alicyclic amines) is 1. The zero-order valence-electron chi connectivity index (χ0n) is 6.66. The van der Waals surface area contributed by atoms with Gasteiger partial charge >= 0.3 is 0 Å². The van der Waals surface area contributed by atoms with Gasteiger partial charge in [-0.2, -0.15) is 0 Å². The van der Waals surface area contributed by atoms with Gasteiger partial charge in [0.2, 0.25) is 0 Å². The van der Waals surface area contributed by atoms with Gasteiger partial charge < -0.3 is 10.2 Å². The van der Waals surface area contributed by atoms with Gasteiger partial charge in [0.1, 0.15) is 0 Å². The van der Waals surface area contributed by atoms with Crippen LogP contribution in [0.1, 0.15) is 12.8 Å². The fourth-order valence-electron chi connectivity index (χ4n) is 1.86. The molecule has 1 saturated heterocycles. The molecule has 2 aliphatic rings. The Balaban J connectivity index is 1.79. The molecular formula is C8H15NO2. The highest BCUT2D eigenvalue weighted by molar-refractivity contribution is 5.06. The minimum Gasteiger partial charge on any atom is -0.395 e. The first-order valence-electron chi connectivity index (χ1n) is 4.25. The Hall–Kier alpha value is -0.120. The fraction of sp³-hybridized carbons (Fsp3) is 1.00. The molecule has 3 nitrogen and oxygen atoms in total. The maximum Gasteiger partial charge on any atom is 0.0609 e. The van der Waals surface area contributed by atoms with Crippen LogP contribution in [-0.4, -0.2) is 47.5 Å². The van der Waals surface area contributed by atoms with E-state index in [0.29, 0.717) is 5.41 Å². The molecule has 1 aliphatic heterocycles. The van der Waals surface area contributed by atoms with E-state index in [1.165, 1.54) is 12.8 Å². The van der Waals surface area contributed by atoms with E-state index in [4.69, 9.17) is 10.2 Å². The lowest BCUT2D eigenvalue weighted by Crippen LogP contribution is -2.55. The third kappa shape index (κ3) is 1.17. The van der Waals surface area contributed by atoms with Crippen molar-refractivity contribution in [3.05, 3.63) is 0 Å². The van der Waals surface area contributed by atoms with Crippen LogP contribution in [0.25, 0.3) is 0 Å². The molecule has 0 atom stereocenters. The van der Waals surface area contributed by atoms with Gasteiger partial charge in [-0.3, -0.25) is 4.90 Å². The molecule has 0 radical (unpaired) electrons. The van der Waals surface area contributed by atoms with E-state index in [-0.39, 0.29) is 19.3 Å². The summed E-state index contributed by atoms with van der Waals surface area (Å²) in [5, 5.41) is 17.7. The van der Waals surface area contributed by atoms with Crippen molar-refractivity contribution in [2.75, 3.05) is 26.3 Å². The van der Waals surface area contributed by atoms with Crippen LogP contribution in [0.2, 0.25) is 0 Å². The van der Waals surface area contributed by atoms with E-state index in [1.807, 2.05) is 0 Å². The first-order chi connectivity index (χ1) is 5.29. The molecule has 0 aromatic heterocycles. The maximum atomic E-state index is 8.85. The van der Waals surface area contributed by atoms with Crippen molar-refractivity contribution >= 4 is 0 Å². The quantitative estimate of drug-likeness (QED) is 0.577. The first-order valence-corrected chi connectivity index (χ1v) is 4.25. The summed E-state index contributed by atoms with van der Waals surface area (Å²) < 4.78 is 0. The minimum atomic E-state index is 0.00113. The van der Waals surface area contributed by atoms with Gasteiger partial charge in [0, 0.05) is 13.1 Å². The van der Waals surface area contributed by atoms with Gasteiger partial charge in [-0.05, 0) is 18.3 Å². The van der Waals surface area contributed by atoms with E-state index in [1.54, 1.807) is 0 Å². The van der Waals surface area contributed by atoms with Crippen molar-refractivity contribution in [1.29, 1.82) is 0 Å². The van der Waals surface area contributed by atoms with E-state index in [0.717, 1.165) is 13.1 Å². The lowest BCUT2D eigenvalue weighted by molar-refractivity contribution is -0.0128. The second-order valence-corrected chi connectivity index (χ2v) is 3.92. The Morgan fingerprint density at radius 2 is 1.73 bits per heavy atom. The summed E-state index contributed by atoms with van der Waals surface area (Å²) in [7, 11) is 0. The smallest absolute Gasteiger partial charge is 0.0609 e. The summed E-state index contributed by atoms with van der Waals surface area (Å²) in [6, 6.07) is 0.00113. The molecule has 2 rings (SSSR count). The number of hydrogen-bond acceptors (Lipinski definition) is 3. The average Bonchev–Trinajstić information content (AvgIpc) is 2.68. The Kier molecular flexibility index (Phi) is 1.67. The molecular weight excluding hydrogens is 142 g/mol. The Morgan fingerprint density at radius 1 is 1.18 bits per heavy atom. The Bertz CT molecular complexity index is 144. The molecule has 1 saturated carbocycles. The number of aliphatic hydroxyl groups excluding tert-OH is 2. The molecule has 0 unspecified atom stereocenters. The van der Waals surface area contributed by atoms with E-state index < -0.39 is 0 Å². The van der Waals surface area contributed by atoms with Gasteiger partial charge in [0.05, 0.1) is 19.3 Å². The predicted octanol–water partition coefficient (Wildman–Crippen LogP) is -0.565. The molecule has 2 N–H and O–H groups in total. The molecule has 0 aromatic carbocycles. The van der Waals surface area contributed by atoms with Crippen LogP contribution in [0.4, 0.5) is 0 Å². The monoisotopic (exact) mass is 157 g/mol. The SMILES string of the molecule is OCC(CO)N1CC2(CC2)C1. The van der Waals surface area contributed by atoms with Crippen LogP contribution in [-0.2, 0) is 0 Å². The normalized spacial score (nSPS) is 27.5. The van der Waals surface area contributed by atoms with Gasteiger partial charge in [-0.1, -0.05) is 0 Å². The van der Waals surface area contributed by atoms with Gasteiger partial charge in [0.25, 0.3) is 0 Å². The molecule has 64 valence electrons. The van der Waals surface area contributed by atoms with Crippen molar-refractivity contribution in [2.24, 2.45) is 5.41 Å². The second kappa shape index (κ2) is 2.44. The lowest BCUT2D eigenvalue weighted by Gasteiger charge is -2.44. The number of rotatable bonds is 3. The Morgan fingerprint density at radius 3 is 2.09 bits per heavy atom. The first kappa shape index (κ1) is 7.53. The average molecular weight is 157 g/mol. The van der Waals surface area contributed by atoms with Crippen LogP contribution in [0.5, 0.6) is 0 Å². The predicted molar refractivity (Wildman–Crippen MR) is 41.2 cm³/mol. The highest BCUT2D eigenvalue weighted by Crippen LogP contribution is 2.53. The topological polar surface area (TPSA) is 43.7 Å². The summed E-state index contributed by atoms with van der Waals surface area (Å²) in [5.74, 6) is 0. The van der Waals surface area contributed by atoms with Crippen LogP contribution >= 0.6 is 0 Å². The lowest BCUT2D eigenvalue weighted by atomic mass is 9.95. The molecule has 2 fully saturated rings. The van der Waals surface area contributed by atoms with Crippen molar-refractivity contribution in [1.82, 2.24) is 4.90 Å². The van der Waals surface area contributed by atoms with Crippen molar-refractivity contribution in [3.8, 4) is 0 Å². The summed E-state index contributed by atoms with van der Waals surface area (Å²) >= 11 is 0. The van der Waals surface area contributed by atoms with Crippen LogP contribution in [0.3, 0.4) is 0 Å². The van der Waals surface area contributed by atoms with Crippen molar-refractivity contribution in [3.63, 3.8) is 0 Å². The van der Waals surface area contributed by atoms with Gasteiger partial charge in [-0.15, -0.1) is 0 Å². The van der Waals surface area contributed by atoms with Crippen molar-refractivity contribution < 1.29 is 10.2 Å². The highest BCUT2D eigenvalue weighted by Gasteiger charge is 2.53. The largest absolute Gasteiger partial charge is 0.395 e. The van der Waals surface area contributed by atoms with E-state index >= 15 is 0 Å². The fourth-order valence-corrected chi connectivity index (χ4v) is 1.86. The molecule has 0 bridgehead atoms. The third-order valence-electron chi connectivity index (χ3n) is 2.97. The molecule has 1 aliphatic carbocycles.